The summed E-state index contributed by atoms with van der Waals surface area (Å²) in [5.41, 5.74) is 5.43. The molecular weight excluding hydrogens is 154 g/mol. The van der Waals surface area contributed by atoms with Gasteiger partial charge in [0.2, 0.25) is 0 Å². The van der Waals surface area contributed by atoms with Crippen molar-refractivity contribution in [2.75, 3.05) is 0 Å². The lowest BCUT2D eigenvalue weighted by molar-refractivity contribution is -0.159. The Morgan fingerprint density at radius 1 is 1.25 bits per heavy atom. The van der Waals surface area contributed by atoms with E-state index in [0.29, 0.717) is 12.8 Å². The van der Waals surface area contributed by atoms with Crippen LogP contribution in [0.25, 0.3) is 0 Å². The van der Waals surface area contributed by atoms with Crippen molar-refractivity contribution in [1.82, 2.24) is 0 Å². The van der Waals surface area contributed by atoms with Crippen LogP contribution >= 0.6 is 0 Å². The number of aliphatic carboxylic acids is 1. The molecule has 0 aliphatic heterocycles. The Balaban J connectivity index is 2.17. The summed E-state index contributed by atoms with van der Waals surface area (Å²) >= 11 is 0. The molecule has 0 unspecified atom stereocenters. The molecule has 3 aliphatic carbocycles. The number of nitrogens with two attached hydrogens (primary N) is 1. The molecule has 3 rings (SSSR count). The summed E-state index contributed by atoms with van der Waals surface area (Å²) in [6.45, 7) is 0. The highest BCUT2D eigenvalue weighted by Crippen LogP contribution is 2.55. The summed E-state index contributed by atoms with van der Waals surface area (Å²) in [4.78, 5) is 11.0. The number of rotatable bonds is 1. The summed E-state index contributed by atoms with van der Waals surface area (Å²) in [6, 6.07) is 0. The van der Waals surface area contributed by atoms with E-state index in [4.69, 9.17) is 10.8 Å². The Kier molecular flexibility index (Phi) is 1.49. The second kappa shape index (κ2) is 2.22. The third-order valence-corrected chi connectivity index (χ3v) is 3.41. The maximum atomic E-state index is 11.0. The lowest BCUT2D eigenvalue weighted by atomic mass is 9.57. The molecule has 3 heteroatoms. The van der Waals surface area contributed by atoms with E-state index >= 15 is 0 Å². The van der Waals surface area contributed by atoms with Crippen molar-refractivity contribution < 1.29 is 9.90 Å². The highest BCUT2D eigenvalue weighted by atomic mass is 16.4. The molecule has 0 aromatic heterocycles. The lowest BCUT2D eigenvalue weighted by Crippen LogP contribution is -2.59. The minimum absolute atomic E-state index is 0.130. The molecule has 0 aromatic carbocycles. The molecule has 0 heterocycles. The first-order chi connectivity index (χ1) is 5.56. The van der Waals surface area contributed by atoms with Crippen molar-refractivity contribution in [3.05, 3.63) is 0 Å². The Morgan fingerprint density at radius 2 is 1.83 bits per heavy atom. The molecule has 12 heavy (non-hydrogen) atoms. The number of carboxylic acids is 1. The van der Waals surface area contributed by atoms with Gasteiger partial charge in [-0.1, -0.05) is 12.8 Å². The van der Waals surface area contributed by atoms with Crippen LogP contribution in [-0.2, 0) is 4.79 Å². The van der Waals surface area contributed by atoms with Crippen LogP contribution in [0.1, 0.15) is 38.5 Å². The van der Waals surface area contributed by atoms with Gasteiger partial charge in [0.15, 0.2) is 0 Å². The number of carbonyl (C=O) groups is 1. The summed E-state index contributed by atoms with van der Waals surface area (Å²) in [7, 11) is 0. The predicted octanol–water partition coefficient (Wildman–Crippen LogP) is 1.12. The summed E-state index contributed by atoms with van der Waals surface area (Å²) in [6.07, 6.45) is 5.39. The Hall–Kier alpha value is -0.570. The molecule has 68 valence electrons. The fraction of sp³-hybridized carbons (Fsp3) is 0.889. The maximum Gasteiger partial charge on any atom is 0.309 e. The van der Waals surface area contributed by atoms with Crippen LogP contribution in [0, 0.1) is 5.41 Å². The van der Waals surface area contributed by atoms with Crippen LogP contribution < -0.4 is 5.73 Å². The van der Waals surface area contributed by atoms with Gasteiger partial charge in [0.1, 0.15) is 0 Å². The van der Waals surface area contributed by atoms with Crippen molar-refractivity contribution in [1.29, 1.82) is 0 Å². The second-order valence-electron chi connectivity index (χ2n) is 4.51. The third kappa shape index (κ3) is 0.959. The van der Waals surface area contributed by atoms with Gasteiger partial charge in [-0.15, -0.1) is 0 Å². The van der Waals surface area contributed by atoms with Gasteiger partial charge in [0, 0.05) is 5.54 Å². The molecule has 0 spiro atoms. The molecule has 0 amide bonds. The monoisotopic (exact) mass is 169 g/mol. The summed E-state index contributed by atoms with van der Waals surface area (Å²) in [5, 5.41) is 9.02. The molecule has 2 bridgehead atoms. The minimum atomic E-state index is -0.634. The molecule has 3 aliphatic rings. The number of carboxylic acid groups (broad SMARTS) is 1. The van der Waals surface area contributed by atoms with Crippen LogP contribution in [0.2, 0.25) is 0 Å². The number of hydrogen-bond donors (Lipinski definition) is 2. The molecule has 3 fully saturated rings. The van der Waals surface area contributed by atoms with E-state index in [1.807, 2.05) is 0 Å². The van der Waals surface area contributed by atoms with Crippen molar-refractivity contribution in [3.63, 3.8) is 0 Å². The molecule has 0 saturated heterocycles. The highest BCUT2D eigenvalue weighted by molar-refractivity contribution is 5.76. The first kappa shape index (κ1) is 8.05. The zero-order chi connectivity index (χ0) is 8.82. The maximum absolute atomic E-state index is 11.0. The second-order valence-corrected chi connectivity index (χ2v) is 4.51. The standard InChI is InChI=1S/C9H15NO2/c10-9-4-2-1-3-8(5-9,6-9)7(11)12/h1-6,10H2,(H,11,12). The van der Waals surface area contributed by atoms with Crippen molar-refractivity contribution in [2.24, 2.45) is 11.1 Å². The largest absolute Gasteiger partial charge is 0.481 e. The fourth-order valence-corrected chi connectivity index (χ4v) is 2.85. The first-order valence-electron chi connectivity index (χ1n) is 4.59. The van der Waals surface area contributed by atoms with Crippen molar-refractivity contribution >= 4 is 5.97 Å². The smallest absolute Gasteiger partial charge is 0.309 e. The van der Waals surface area contributed by atoms with Crippen molar-refractivity contribution in [2.45, 2.75) is 44.1 Å². The minimum Gasteiger partial charge on any atom is -0.481 e. The van der Waals surface area contributed by atoms with Gasteiger partial charge in [-0.05, 0) is 25.7 Å². The van der Waals surface area contributed by atoms with Gasteiger partial charge in [0.25, 0.3) is 0 Å². The number of fused-ring (bicyclic) bond motifs is 3. The topological polar surface area (TPSA) is 63.3 Å². The zero-order valence-corrected chi connectivity index (χ0v) is 7.18. The molecular formula is C9H15NO2. The Morgan fingerprint density at radius 3 is 2.42 bits per heavy atom. The van der Waals surface area contributed by atoms with Crippen LogP contribution in [0.15, 0.2) is 0 Å². The molecule has 3 saturated carbocycles. The Bertz CT molecular complexity index is 219. The van der Waals surface area contributed by atoms with Gasteiger partial charge in [-0.25, -0.2) is 0 Å². The summed E-state index contributed by atoms with van der Waals surface area (Å²) in [5.74, 6) is -0.634. The normalized spacial score (nSPS) is 46.1. The average molecular weight is 169 g/mol. The molecule has 0 radical (unpaired) electrons. The average Bonchev–Trinajstić information content (AvgIpc) is 2.16. The zero-order valence-electron chi connectivity index (χ0n) is 7.18. The predicted molar refractivity (Wildman–Crippen MR) is 44.7 cm³/mol. The summed E-state index contributed by atoms with van der Waals surface area (Å²) < 4.78 is 0. The van der Waals surface area contributed by atoms with Gasteiger partial charge in [0.05, 0.1) is 5.41 Å². The van der Waals surface area contributed by atoms with Crippen molar-refractivity contribution in [3.8, 4) is 0 Å². The van der Waals surface area contributed by atoms with E-state index in [1.54, 1.807) is 0 Å². The van der Waals surface area contributed by atoms with E-state index in [2.05, 4.69) is 0 Å². The van der Waals surface area contributed by atoms with E-state index in [-0.39, 0.29) is 5.54 Å². The molecule has 0 aromatic rings. The Labute approximate surface area is 71.9 Å². The number of hydrogen-bond acceptors (Lipinski definition) is 2. The van der Waals surface area contributed by atoms with Crippen LogP contribution in [-0.4, -0.2) is 16.6 Å². The van der Waals surface area contributed by atoms with E-state index < -0.39 is 11.4 Å². The van der Waals surface area contributed by atoms with Gasteiger partial charge < -0.3 is 10.8 Å². The fourth-order valence-electron chi connectivity index (χ4n) is 2.85. The van der Waals surface area contributed by atoms with Crippen LogP contribution in [0.3, 0.4) is 0 Å². The lowest BCUT2D eigenvalue weighted by Gasteiger charge is -2.50. The van der Waals surface area contributed by atoms with Crippen LogP contribution in [0.4, 0.5) is 0 Å². The van der Waals surface area contributed by atoms with Gasteiger partial charge in [-0.2, -0.15) is 0 Å². The van der Waals surface area contributed by atoms with Gasteiger partial charge in [-0.3, -0.25) is 4.79 Å². The van der Waals surface area contributed by atoms with Crippen LogP contribution in [0.5, 0.6) is 0 Å². The van der Waals surface area contributed by atoms with E-state index in [1.165, 1.54) is 0 Å². The SMILES string of the molecule is NC12CCCCC(C(=O)O)(C1)C2. The molecule has 3 N–H and O–H groups in total. The molecule has 3 nitrogen and oxygen atoms in total. The van der Waals surface area contributed by atoms with Gasteiger partial charge >= 0.3 is 5.97 Å². The molecule has 0 atom stereocenters. The third-order valence-electron chi connectivity index (χ3n) is 3.41. The first-order valence-corrected chi connectivity index (χ1v) is 4.59. The highest BCUT2D eigenvalue weighted by Gasteiger charge is 2.57. The quantitative estimate of drug-likeness (QED) is 0.618. The van der Waals surface area contributed by atoms with E-state index in [0.717, 1.165) is 25.7 Å². The van der Waals surface area contributed by atoms with E-state index in [9.17, 15) is 4.79 Å².